The Labute approximate surface area is 471 Å². The molecule has 0 saturated heterocycles. The van der Waals surface area contributed by atoms with Crippen molar-refractivity contribution >= 4 is 23.8 Å². The Hall–Kier alpha value is -3.83. The number of unbranched alkanes of at least 4 members (excludes halogenated alkanes) is 2. The monoisotopic (exact) mass is 946 g/mol. The van der Waals surface area contributed by atoms with Crippen LogP contribution in [0.4, 0.5) is 0 Å². The van der Waals surface area contributed by atoms with Gasteiger partial charge in [0.05, 0.1) is 24.0 Å². The fraction of sp³-hybridized carbons (Fsp3) is 0.375. The summed E-state index contributed by atoms with van der Waals surface area (Å²) in [5, 5.41) is 51.8. The summed E-state index contributed by atoms with van der Waals surface area (Å²) in [6, 6.07) is 29.1. The molecule has 0 bridgehead atoms. The molecule has 18 heteroatoms. The van der Waals surface area contributed by atoms with Crippen molar-refractivity contribution in [2.24, 2.45) is 11.8 Å². The third-order valence-corrected chi connectivity index (χ3v) is 10.8. The van der Waals surface area contributed by atoms with E-state index in [9.17, 15) is 29.4 Å². The van der Waals surface area contributed by atoms with Crippen LogP contribution in [-0.4, -0.2) is 86.9 Å². The van der Waals surface area contributed by atoms with Crippen LogP contribution < -0.4 is 113 Å². The number of hydrogen-bond donors (Lipinski definition) is 2. The number of carbonyl (C=O) groups is 4. The molecule has 2 N–H and O–H groups in total. The zero-order valence-corrected chi connectivity index (χ0v) is 45.5. The van der Waals surface area contributed by atoms with E-state index in [0.717, 1.165) is 70.2 Å². The number of H-pyrrole nitrogens is 2. The van der Waals surface area contributed by atoms with E-state index in [0.29, 0.717) is 24.5 Å². The molecule has 16 nitrogen and oxygen atoms in total. The van der Waals surface area contributed by atoms with Crippen molar-refractivity contribution in [1.29, 1.82) is 0 Å². The summed E-state index contributed by atoms with van der Waals surface area (Å²) in [7, 11) is 0. The molecule has 6 rings (SSSR count). The van der Waals surface area contributed by atoms with E-state index >= 15 is 0 Å². The average molecular weight is 947 g/mol. The third-order valence-electron chi connectivity index (χ3n) is 10.8. The summed E-state index contributed by atoms with van der Waals surface area (Å²) in [4.78, 5) is 52.2. The maximum absolute atomic E-state index is 12.8. The van der Waals surface area contributed by atoms with Gasteiger partial charge in [0.25, 0.3) is 0 Å². The van der Waals surface area contributed by atoms with Crippen LogP contribution in [0, 0.1) is 11.8 Å². The number of nitrogens with one attached hydrogen (secondary N) is 2. The average Bonchev–Trinajstić information content (AvgIpc) is 4.04. The van der Waals surface area contributed by atoms with E-state index in [2.05, 4.69) is 41.2 Å². The first-order valence-electron chi connectivity index (χ1n) is 21.7. The quantitative estimate of drug-likeness (QED) is 0.0938. The van der Waals surface area contributed by atoms with Crippen molar-refractivity contribution in [2.45, 2.75) is 105 Å². The third kappa shape index (κ3) is 15.6. The number of benzene rings is 4. The molecule has 2 amide bonds. The number of hydrogen-bond acceptors (Lipinski definition) is 12. The van der Waals surface area contributed by atoms with Gasteiger partial charge in [0.15, 0.2) is 11.6 Å². The summed E-state index contributed by atoms with van der Waals surface area (Å²) in [6.45, 7) is 11.6. The predicted octanol–water partition coefficient (Wildman–Crippen LogP) is -0.338. The summed E-state index contributed by atoms with van der Waals surface area (Å²) in [5.74, 6) is -2.15. The fourth-order valence-corrected chi connectivity index (χ4v) is 7.55. The van der Waals surface area contributed by atoms with E-state index in [1.807, 2.05) is 111 Å². The SMILES string of the molecule is CCCCC(=O)N(Cc1ccc(-c2ccccc2-c2nnn[nH]2)cc1)[C@H](C(=O)[O-])C(C)C.CCCCC(=O)N(Cc1ccc(-c2ccccc2-c2nnn[nH]2)cc1)[C@H](C(=O)[O-])C(C)C.[K+].[K+]. The van der Waals surface area contributed by atoms with E-state index < -0.39 is 24.0 Å². The maximum Gasteiger partial charge on any atom is 1.00 e. The van der Waals surface area contributed by atoms with Crippen LogP contribution in [0.15, 0.2) is 97.1 Å². The van der Waals surface area contributed by atoms with Crippen molar-refractivity contribution in [3.8, 4) is 45.0 Å². The number of carboxylic acids is 2. The first-order chi connectivity index (χ1) is 30.8. The Balaban J connectivity index is 0.000000340. The first-order valence-corrected chi connectivity index (χ1v) is 21.7. The molecule has 0 fully saturated rings. The number of amides is 2. The van der Waals surface area contributed by atoms with E-state index in [1.54, 1.807) is 27.7 Å². The number of rotatable bonds is 20. The second-order valence-electron chi connectivity index (χ2n) is 16.3. The summed E-state index contributed by atoms with van der Waals surface area (Å²) >= 11 is 0. The van der Waals surface area contributed by atoms with Gasteiger partial charge in [0.2, 0.25) is 11.8 Å². The van der Waals surface area contributed by atoms with Crippen molar-refractivity contribution in [1.82, 2.24) is 51.0 Å². The Bertz CT molecular complexity index is 2250. The van der Waals surface area contributed by atoms with Gasteiger partial charge in [-0.1, -0.05) is 151 Å². The molecule has 66 heavy (non-hydrogen) atoms. The molecule has 0 unspecified atom stereocenters. The van der Waals surface area contributed by atoms with E-state index in [4.69, 9.17) is 0 Å². The standard InChI is InChI=1S/2C24H29N5O3.2K/c2*1-4-5-10-21(30)29(22(16(2)3)24(31)32)15-17-11-13-18(14-12-17)19-8-6-7-9-20(19)23-25-27-28-26-23;;/h2*6-9,11-14,16,22H,4-5,10,15H2,1-3H3,(H,31,32)(H,25,26,27,28);;/q;;2*+1/p-2/t2*22-;;/m00../s1. The predicted molar refractivity (Wildman–Crippen MR) is 238 cm³/mol. The molecule has 0 aliphatic heterocycles. The van der Waals surface area contributed by atoms with Crippen LogP contribution in [0.3, 0.4) is 0 Å². The molecule has 4 aromatic carbocycles. The first kappa shape index (κ1) is 56.5. The molecular weight excluding hydrogens is 891 g/mol. The topological polar surface area (TPSA) is 230 Å². The zero-order chi connectivity index (χ0) is 46.2. The Morgan fingerprint density at radius 2 is 0.864 bits per heavy atom. The zero-order valence-electron chi connectivity index (χ0n) is 39.2. The molecule has 0 spiro atoms. The Morgan fingerprint density at radius 1 is 0.530 bits per heavy atom. The molecular formula is C48H56K2N10O6. The van der Waals surface area contributed by atoms with Crippen LogP contribution in [0.2, 0.25) is 0 Å². The van der Waals surface area contributed by atoms with Gasteiger partial charge >= 0.3 is 103 Å². The molecule has 0 saturated carbocycles. The summed E-state index contributed by atoms with van der Waals surface area (Å²) < 4.78 is 0. The molecule has 336 valence electrons. The molecule has 6 aromatic rings. The molecule has 2 heterocycles. The minimum atomic E-state index is -1.23. The largest absolute Gasteiger partial charge is 1.00 e. The number of nitrogens with zero attached hydrogens (tertiary/aromatic N) is 8. The van der Waals surface area contributed by atoms with E-state index in [1.165, 1.54) is 9.80 Å². The van der Waals surface area contributed by atoms with Gasteiger partial charge in [0, 0.05) is 37.1 Å². The minimum Gasteiger partial charge on any atom is -0.548 e. The minimum absolute atomic E-state index is 0. The molecule has 2 aromatic heterocycles. The number of carbonyl (C=O) groups excluding carboxylic acids is 4. The van der Waals surface area contributed by atoms with Crippen LogP contribution in [0.1, 0.15) is 91.2 Å². The van der Waals surface area contributed by atoms with Crippen molar-refractivity contribution in [3.05, 3.63) is 108 Å². The molecule has 0 aliphatic rings. The van der Waals surface area contributed by atoms with Gasteiger partial charge in [-0.2, -0.15) is 0 Å². The van der Waals surface area contributed by atoms with Crippen LogP contribution >= 0.6 is 0 Å². The van der Waals surface area contributed by atoms with E-state index in [-0.39, 0.29) is 140 Å². The number of aromatic amines is 2. The van der Waals surface area contributed by atoms with Gasteiger partial charge in [0.1, 0.15) is 0 Å². The van der Waals surface area contributed by atoms with Crippen molar-refractivity contribution < 1.29 is 132 Å². The second kappa shape index (κ2) is 28.5. The van der Waals surface area contributed by atoms with Gasteiger partial charge in [-0.15, -0.1) is 10.2 Å². The summed E-state index contributed by atoms with van der Waals surface area (Å²) in [6.07, 6.45) is 3.82. The number of aliphatic carboxylic acids is 2. The van der Waals surface area contributed by atoms with Gasteiger partial charge in [-0.3, -0.25) is 9.59 Å². The van der Waals surface area contributed by atoms with Crippen LogP contribution in [0.25, 0.3) is 45.0 Å². The van der Waals surface area contributed by atoms with Gasteiger partial charge in [-0.25, -0.2) is 10.2 Å². The number of tetrazole rings is 2. The van der Waals surface area contributed by atoms with Gasteiger partial charge < -0.3 is 29.6 Å². The maximum atomic E-state index is 12.8. The fourth-order valence-electron chi connectivity index (χ4n) is 7.55. The molecule has 2 atom stereocenters. The van der Waals surface area contributed by atoms with Crippen LogP contribution in [-0.2, 0) is 32.3 Å². The van der Waals surface area contributed by atoms with Crippen LogP contribution in [0.5, 0.6) is 0 Å². The number of carboxylic acid groups (broad SMARTS) is 2. The van der Waals surface area contributed by atoms with Crippen molar-refractivity contribution in [2.75, 3.05) is 0 Å². The number of aromatic nitrogens is 8. The molecule has 0 aliphatic carbocycles. The Morgan fingerprint density at radius 3 is 1.14 bits per heavy atom. The Kier molecular flexibility index (Phi) is 24.4. The van der Waals surface area contributed by atoms with Gasteiger partial charge in [-0.05, 0) is 78.9 Å². The molecule has 0 radical (unpaired) electrons. The summed E-state index contributed by atoms with van der Waals surface area (Å²) in [5.41, 5.74) is 7.30. The van der Waals surface area contributed by atoms with Crippen molar-refractivity contribution in [3.63, 3.8) is 0 Å². The second-order valence-corrected chi connectivity index (χ2v) is 16.3. The smallest absolute Gasteiger partial charge is 0.548 e. The normalized spacial score (nSPS) is 11.6.